The van der Waals surface area contributed by atoms with Crippen molar-refractivity contribution < 1.29 is 23.5 Å². The lowest BCUT2D eigenvalue weighted by molar-refractivity contribution is 0.0430. The van der Waals surface area contributed by atoms with Crippen LogP contribution in [0.1, 0.15) is 143 Å². The predicted molar refractivity (Wildman–Crippen MR) is 302 cm³/mol. The Bertz CT molecular complexity index is 2690. The minimum atomic E-state index is -0.475. The zero-order valence-corrected chi connectivity index (χ0v) is 45.7. The summed E-state index contributed by atoms with van der Waals surface area (Å²) in [6.07, 6.45) is 11.0. The third kappa shape index (κ3) is 13.7. The molecule has 0 aliphatic carbocycles. The predicted octanol–water partition coefficient (Wildman–Crippen LogP) is 10.1. The van der Waals surface area contributed by atoms with Crippen molar-refractivity contribution in [3.63, 3.8) is 0 Å². The number of aryl methyl sites for hydroxylation is 3. The van der Waals surface area contributed by atoms with Gasteiger partial charge in [0, 0.05) is 116 Å². The first-order valence-electron chi connectivity index (χ1n) is 26.4. The summed E-state index contributed by atoms with van der Waals surface area (Å²) in [7, 11) is 1.35. The SMILES string of the molecule is C.C.CCCc1nnc(-c2cnc(N3C[C@H](CC)N(C4CCN(C(=O)c5ccc(Cl)cc5)CC4)C[C@H]3C)c(C)n2)o1.CC[C@H]1CN(c2ncc(C(=O)OC)nc2C)[C@H](C)CN1C1CCN(C(=O)c2ccc(Cl)cc2)CC1. The van der Waals surface area contributed by atoms with Gasteiger partial charge in [0.15, 0.2) is 5.69 Å². The van der Waals surface area contributed by atoms with Gasteiger partial charge in [-0.05, 0) is 121 Å². The van der Waals surface area contributed by atoms with Crippen molar-refractivity contribution in [2.75, 3.05) is 69.3 Å². The number of nitrogens with zero attached hydrogens (tertiary/aromatic N) is 12. The van der Waals surface area contributed by atoms with E-state index >= 15 is 0 Å². The summed E-state index contributed by atoms with van der Waals surface area (Å²) in [6, 6.07) is 16.6. The van der Waals surface area contributed by atoms with Crippen LogP contribution in [0.5, 0.6) is 0 Å². The maximum Gasteiger partial charge on any atom is 0.358 e. The third-order valence-corrected chi connectivity index (χ3v) is 15.8. The fourth-order valence-electron chi connectivity index (χ4n) is 11.2. The standard InChI is InChI=1S/C29H38ClN7O2.C26H34ClN5O3.2CH4/c1-5-7-26-33-34-28(39-26)25-16-31-27(20(4)32-25)36-18-23(6-2)37(17-19(36)3)24-12-14-35(15-13-24)29(38)21-8-10-22(30)11-9-21;1-5-21-16-31(24-18(3)29-23(14-28-24)26(34)35-4)17(2)15-32(21)22-10-12-30(13-11-22)25(33)19-6-8-20(27)9-7-19;;/h8-11,16,19,23-24H,5-7,12-15,17-18H2,1-4H3;6-9,14,17,21-22H,5,10-13,15-16H2,1-4H3;2*1H4/t19-,23+;17-,21+;;/m11../s1. The van der Waals surface area contributed by atoms with Gasteiger partial charge in [-0.15, -0.1) is 10.2 Å². The number of likely N-dealkylation sites (tertiary alicyclic amines) is 2. The zero-order valence-electron chi connectivity index (χ0n) is 44.2. The van der Waals surface area contributed by atoms with Gasteiger partial charge in [-0.25, -0.2) is 24.7 Å². The van der Waals surface area contributed by atoms with Crippen LogP contribution in [0, 0.1) is 13.8 Å². The van der Waals surface area contributed by atoms with Crippen molar-refractivity contribution in [2.45, 2.75) is 151 Å². The van der Waals surface area contributed by atoms with E-state index < -0.39 is 5.97 Å². The molecule has 5 aromatic rings. The van der Waals surface area contributed by atoms with Crippen LogP contribution in [0.25, 0.3) is 11.6 Å². The number of hydrogen-bond donors (Lipinski definition) is 0. The van der Waals surface area contributed by atoms with Crippen molar-refractivity contribution in [2.24, 2.45) is 0 Å². The number of benzene rings is 2. The largest absolute Gasteiger partial charge is 0.464 e. The molecule has 0 saturated carbocycles. The Morgan fingerprint density at radius 2 is 1.09 bits per heavy atom. The lowest BCUT2D eigenvalue weighted by Gasteiger charge is -2.50. The summed E-state index contributed by atoms with van der Waals surface area (Å²) in [5.41, 5.74) is 3.84. The number of anilines is 2. The Balaban J connectivity index is 0.000000242. The maximum absolute atomic E-state index is 13.0. The second kappa shape index (κ2) is 27.0. The highest BCUT2D eigenvalue weighted by Gasteiger charge is 2.40. The van der Waals surface area contributed by atoms with Crippen LogP contribution in [-0.4, -0.2) is 163 Å². The van der Waals surface area contributed by atoms with Gasteiger partial charge >= 0.3 is 5.97 Å². The number of carbonyl (C=O) groups excluding carboxylic acids is 3. The molecule has 2 amide bonds. The number of amides is 2. The van der Waals surface area contributed by atoms with Gasteiger partial charge in [0.25, 0.3) is 17.7 Å². The van der Waals surface area contributed by atoms with Crippen molar-refractivity contribution in [1.82, 2.24) is 49.7 Å². The van der Waals surface area contributed by atoms with Gasteiger partial charge in [-0.3, -0.25) is 19.4 Å². The summed E-state index contributed by atoms with van der Waals surface area (Å²) in [5.74, 6) is 2.49. The number of esters is 1. The first-order valence-corrected chi connectivity index (χ1v) is 27.2. The van der Waals surface area contributed by atoms with Crippen LogP contribution in [0.4, 0.5) is 11.6 Å². The lowest BCUT2D eigenvalue weighted by Crippen LogP contribution is -2.62. The van der Waals surface area contributed by atoms with Crippen LogP contribution < -0.4 is 9.80 Å². The van der Waals surface area contributed by atoms with Crippen molar-refractivity contribution in [1.29, 1.82) is 0 Å². The molecule has 3 aromatic heterocycles. The molecule has 0 unspecified atom stereocenters. The monoisotopic (exact) mass is 1080 g/mol. The quantitative estimate of drug-likeness (QED) is 0.108. The molecule has 4 atom stereocenters. The Labute approximate surface area is 460 Å². The highest BCUT2D eigenvalue weighted by Crippen LogP contribution is 2.33. The van der Waals surface area contributed by atoms with Crippen LogP contribution >= 0.6 is 23.2 Å². The number of hydrogen-bond acceptors (Lipinski definition) is 15. The molecule has 17 nitrogen and oxygen atoms in total. The topological polar surface area (TPSA) is 170 Å². The van der Waals surface area contributed by atoms with Gasteiger partial charge in [0.1, 0.15) is 17.3 Å². The molecule has 2 aromatic carbocycles. The molecule has 19 heteroatoms. The molecule has 0 radical (unpaired) electrons. The van der Waals surface area contributed by atoms with E-state index in [0.29, 0.717) is 68.9 Å². The molecule has 9 rings (SSSR count). The lowest BCUT2D eigenvalue weighted by atomic mass is 9.96. The summed E-state index contributed by atoms with van der Waals surface area (Å²) < 4.78 is 10.5. The molecule has 0 bridgehead atoms. The zero-order chi connectivity index (χ0) is 52.6. The Morgan fingerprint density at radius 1 is 0.645 bits per heavy atom. The number of methoxy groups -OCH3 is 1. The van der Waals surface area contributed by atoms with Crippen molar-refractivity contribution >= 4 is 52.6 Å². The molecular weight excluding hydrogens is 1000 g/mol. The van der Waals surface area contributed by atoms with Crippen molar-refractivity contribution in [3.05, 3.63) is 105 Å². The average molecular weight is 1080 g/mol. The summed E-state index contributed by atoms with van der Waals surface area (Å²) in [4.78, 5) is 70.3. The number of halogens is 2. The average Bonchev–Trinajstić information content (AvgIpc) is 3.90. The van der Waals surface area contributed by atoms with Gasteiger partial charge in [0.05, 0.1) is 30.9 Å². The van der Waals surface area contributed by atoms with Crippen molar-refractivity contribution in [3.8, 4) is 11.6 Å². The number of aromatic nitrogens is 6. The first-order chi connectivity index (χ1) is 35.7. The Hall–Kier alpha value is -5.75. The smallest absolute Gasteiger partial charge is 0.358 e. The molecule has 4 saturated heterocycles. The molecule has 412 valence electrons. The van der Waals surface area contributed by atoms with E-state index in [9.17, 15) is 14.4 Å². The van der Waals surface area contributed by atoms with Gasteiger partial charge in [-0.1, -0.05) is 58.8 Å². The fourth-order valence-corrected chi connectivity index (χ4v) is 11.4. The maximum atomic E-state index is 13.0. The molecule has 4 fully saturated rings. The van der Waals surface area contributed by atoms with E-state index in [1.54, 1.807) is 42.6 Å². The van der Waals surface area contributed by atoms with E-state index in [0.717, 1.165) is 127 Å². The molecule has 4 aliphatic rings. The van der Waals surface area contributed by atoms with E-state index in [2.05, 4.69) is 74.4 Å². The minimum absolute atomic E-state index is 0. The van der Waals surface area contributed by atoms with Crippen LogP contribution in [0.15, 0.2) is 65.3 Å². The number of rotatable bonds is 12. The van der Waals surface area contributed by atoms with E-state index in [-0.39, 0.29) is 38.4 Å². The third-order valence-electron chi connectivity index (χ3n) is 15.3. The van der Waals surface area contributed by atoms with Gasteiger partial charge in [0.2, 0.25) is 5.89 Å². The first kappa shape index (κ1) is 59.5. The van der Waals surface area contributed by atoms with Gasteiger partial charge < -0.3 is 28.8 Å². The number of carbonyl (C=O) groups is 3. The van der Waals surface area contributed by atoms with Gasteiger partial charge in [-0.2, -0.15) is 0 Å². The number of piperidine rings is 2. The normalized spacial score (nSPS) is 20.8. The van der Waals surface area contributed by atoms with Crippen LogP contribution in [0.3, 0.4) is 0 Å². The summed E-state index contributed by atoms with van der Waals surface area (Å²) in [6.45, 7) is 21.7. The molecule has 0 spiro atoms. The molecule has 0 N–H and O–H groups in total. The summed E-state index contributed by atoms with van der Waals surface area (Å²) >= 11 is 12.0. The molecule has 76 heavy (non-hydrogen) atoms. The Kier molecular flexibility index (Phi) is 21.2. The minimum Gasteiger partial charge on any atom is -0.464 e. The van der Waals surface area contributed by atoms with Crippen LogP contribution in [0.2, 0.25) is 10.0 Å². The fraction of sp³-hybridized carbons (Fsp3) is 0.561. The highest BCUT2D eigenvalue weighted by atomic mass is 35.5. The molecule has 4 aliphatic heterocycles. The number of ether oxygens (including phenoxy) is 1. The van der Waals surface area contributed by atoms with E-state index in [4.69, 9.17) is 42.3 Å². The number of piperazine rings is 2. The second-order valence-corrected chi connectivity index (χ2v) is 21.0. The molecule has 7 heterocycles. The highest BCUT2D eigenvalue weighted by molar-refractivity contribution is 6.31. The summed E-state index contributed by atoms with van der Waals surface area (Å²) in [5, 5.41) is 9.56. The second-order valence-electron chi connectivity index (χ2n) is 20.2. The van der Waals surface area contributed by atoms with E-state index in [1.807, 2.05) is 35.8 Å². The molecular formula is C57H80Cl2N12O5. The van der Waals surface area contributed by atoms with E-state index in [1.165, 1.54) is 13.3 Å². The Morgan fingerprint density at radius 3 is 1.50 bits per heavy atom. The van der Waals surface area contributed by atoms with Crippen LogP contribution in [-0.2, 0) is 11.2 Å².